The molecule has 18 heavy (non-hydrogen) atoms. The molecule has 3 heteroatoms. The lowest BCUT2D eigenvalue weighted by molar-refractivity contribution is 0.0619. The summed E-state index contributed by atoms with van der Waals surface area (Å²) in [6.07, 6.45) is 1.80. The highest BCUT2D eigenvalue weighted by Crippen LogP contribution is 2.20. The molecule has 0 radical (unpaired) electrons. The summed E-state index contributed by atoms with van der Waals surface area (Å²) in [4.78, 5) is 14.4. The van der Waals surface area contributed by atoms with Crippen molar-refractivity contribution < 1.29 is 4.79 Å². The van der Waals surface area contributed by atoms with Crippen molar-refractivity contribution in [1.29, 1.82) is 0 Å². The fourth-order valence-corrected chi connectivity index (χ4v) is 2.55. The molecule has 0 spiro atoms. The predicted octanol–water partition coefficient (Wildman–Crippen LogP) is 2.26. The minimum Gasteiger partial charge on any atom is -0.336 e. The van der Waals surface area contributed by atoms with Crippen LogP contribution in [0.25, 0.3) is 0 Å². The Morgan fingerprint density at radius 1 is 1.33 bits per heavy atom. The standard InChI is InChI=1S/C15H22N2O/c1-10-4-5-13(8-11(10)2)15(18)17-7-6-14(16)9-12(17)3/h4-5,8,12,14H,6-7,9,16H2,1-3H3/t12-,14-/m1/s1. The number of amides is 1. The van der Waals surface area contributed by atoms with E-state index in [0.29, 0.717) is 0 Å². The summed E-state index contributed by atoms with van der Waals surface area (Å²) in [7, 11) is 0. The number of nitrogens with two attached hydrogens (primary N) is 1. The normalized spacial score (nSPS) is 24.1. The van der Waals surface area contributed by atoms with Crippen LogP contribution >= 0.6 is 0 Å². The summed E-state index contributed by atoms with van der Waals surface area (Å²) < 4.78 is 0. The van der Waals surface area contributed by atoms with Gasteiger partial charge in [-0.25, -0.2) is 0 Å². The Labute approximate surface area is 109 Å². The third-order valence-corrected chi connectivity index (χ3v) is 3.93. The van der Waals surface area contributed by atoms with E-state index in [0.717, 1.165) is 24.9 Å². The van der Waals surface area contributed by atoms with Crippen molar-refractivity contribution in [3.05, 3.63) is 34.9 Å². The van der Waals surface area contributed by atoms with Crippen LogP contribution in [0.4, 0.5) is 0 Å². The lowest BCUT2D eigenvalue weighted by Crippen LogP contribution is -2.48. The molecule has 1 saturated heterocycles. The van der Waals surface area contributed by atoms with Gasteiger partial charge in [-0.3, -0.25) is 4.79 Å². The zero-order chi connectivity index (χ0) is 13.3. The molecule has 0 saturated carbocycles. The quantitative estimate of drug-likeness (QED) is 0.826. The Morgan fingerprint density at radius 3 is 2.67 bits per heavy atom. The van der Waals surface area contributed by atoms with E-state index >= 15 is 0 Å². The van der Waals surface area contributed by atoms with Crippen LogP contribution < -0.4 is 5.73 Å². The van der Waals surface area contributed by atoms with Gasteiger partial charge in [0.15, 0.2) is 0 Å². The first kappa shape index (κ1) is 13.1. The summed E-state index contributed by atoms with van der Waals surface area (Å²) in [6.45, 7) is 6.96. The van der Waals surface area contributed by atoms with Gasteiger partial charge in [-0.2, -0.15) is 0 Å². The van der Waals surface area contributed by atoms with Gasteiger partial charge in [0, 0.05) is 24.2 Å². The van der Waals surface area contributed by atoms with Gasteiger partial charge in [0.2, 0.25) is 0 Å². The molecule has 0 aromatic heterocycles. The lowest BCUT2D eigenvalue weighted by atomic mass is 9.97. The van der Waals surface area contributed by atoms with Crippen molar-refractivity contribution in [3.63, 3.8) is 0 Å². The molecule has 2 rings (SSSR count). The number of aryl methyl sites for hydroxylation is 2. The molecule has 1 aliphatic heterocycles. The number of benzene rings is 1. The summed E-state index contributed by atoms with van der Waals surface area (Å²) in [6, 6.07) is 6.40. The Kier molecular flexibility index (Phi) is 3.71. The van der Waals surface area contributed by atoms with Gasteiger partial charge in [-0.1, -0.05) is 6.07 Å². The Balaban J connectivity index is 2.18. The second-order valence-corrected chi connectivity index (χ2v) is 5.43. The SMILES string of the molecule is Cc1ccc(C(=O)N2CC[C@@H](N)C[C@H]2C)cc1C. The number of nitrogens with zero attached hydrogens (tertiary/aromatic N) is 1. The number of rotatable bonds is 1. The molecular formula is C15H22N2O. The van der Waals surface area contributed by atoms with Gasteiger partial charge in [0.25, 0.3) is 5.91 Å². The number of hydrogen-bond donors (Lipinski definition) is 1. The van der Waals surface area contributed by atoms with Crippen LogP contribution in [0.15, 0.2) is 18.2 Å². The zero-order valence-electron chi connectivity index (χ0n) is 11.4. The molecule has 2 atom stereocenters. The lowest BCUT2D eigenvalue weighted by Gasteiger charge is -2.36. The van der Waals surface area contributed by atoms with Crippen LogP contribution in [-0.2, 0) is 0 Å². The molecule has 1 aliphatic rings. The average Bonchev–Trinajstić information content (AvgIpc) is 2.32. The summed E-state index contributed by atoms with van der Waals surface area (Å²) in [5.41, 5.74) is 9.12. The van der Waals surface area contributed by atoms with Crippen LogP contribution in [0.5, 0.6) is 0 Å². The van der Waals surface area contributed by atoms with Crippen molar-refractivity contribution in [2.75, 3.05) is 6.54 Å². The van der Waals surface area contributed by atoms with Gasteiger partial charge in [0.1, 0.15) is 0 Å². The van der Waals surface area contributed by atoms with Crippen LogP contribution in [0.1, 0.15) is 41.3 Å². The fraction of sp³-hybridized carbons (Fsp3) is 0.533. The molecule has 3 nitrogen and oxygen atoms in total. The van der Waals surface area contributed by atoms with Gasteiger partial charge in [-0.05, 0) is 56.9 Å². The first-order valence-electron chi connectivity index (χ1n) is 6.63. The highest BCUT2D eigenvalue weighted by molar-refractivity contribution is 5.94. The van der Waals surface area contributed by atoms with Crippen molar-refractivity contribution in [1.82, 2.24) is 4.90 Å². The van der Waals surface area contributed by atoms with E-state index < -0.39 is 0 Å². The van der Waals surface area contributed by atoms with E-state index in [1.54, 1.807) is 0 Å². The predicted molar refractivity (Wildman–Crippen MR) is 73.6 cm³/mol. The van der Waals surface area contributed by atoms with Crippen LogP contribution in [0, 0.1) is 13.8 Å². The van der Waals surface area contributed by atoms with Crippen LogP contribution in [-0.4, -0.2) is 29.4 Å². The van der Waals surface area contributed by atoms with E-state index in [1.807, 2.05) is 30.0 Å². The van der Waals surface area contributed by atoms with E-state index in [9.17, 15) is 4.79 Å². The van der Waals surface area contributed by atoms with E-state index in [2.05, 4.69) is 13.8 Å². The summed E-state index contributed by atoms with van der Waals surface area (Å²) in [5, 5.41) is 0. The molecule has 1 aromatic rings. The Hall–Kier alpha value is -1.35. The van der Waals surface area contributed by atoms with Crippen LogP contribution in [0.3, 0.4) is 0 Å². The Morgan fingerprint density at radius 2 is 2.06 bits per heavy atom. The molecule has 0 aliphatic carbocycles. The molecule has 1 fully saturated rings. The van der Waals surface area contributed by atoms with Crippen molar-refractivity contribution >= 4 is 5.91 Å². The minimum absolute atomic E-state index is 0.137. The monoisotopic (exact) mass is 246 g/mol. The van der Waals surface area contributed by atoms with E-state index in [-0.39, 0.29) is 18.0 Å². The zero-order valence-corrected chi connectivity index (χ0v) is 11.4. The molecule has 0 unspecified atom stereocenters. The van der Waals surface area contributed by atoms with Gasteiger partial charge < -0.3 is 10.6 Å². The third kappa shape index (κ3) is 2.56. The smallest absolute Gasteiger partial charge is 0.254 e. The summed E-state index contributed by atoms with van der Waals surface area (Å²) in [5.74, 6) is 0.137. The largest absolute Gasteiger partial charge is 0.336 e. The maximum absolute atomic E-state index is 12.5. The molecule has 2 N–H and O–H groups in total. The van der Waals surface area contributed by atoms with Crippen molar-refractivity contribution in [2.24, 2.45) is 5.73 Å². The van der Waals surface area contributed by atoms with Gasteiger partial charge >= 0.3 is 0 Å². The van der Waals surface area contributed by atoms with E-state index in [4.69, 9.17) is 5.73 Å². The first-order valence-corrected chi connectivity index (χ1v) is 6.63. The third-order valence-electron chi connectivity index (χ3n) is 3.93. The molecular weight excluding hydrogens is 224 g/mol. The minimum atomic E-state index is 0.137. The molecule has 98 valence electrons. The number of carbonyl (C=O) groups excluding carboxylic acids is 1. The number of carbonyl (C=O) groups is 1. The second-order valence-electron chi connectivity index (χ2n) is 5.43. The Bertz CT molecular complexity index is 456. The average molecular weight is 246 g/mol. The maximum Gasteiger partial charge on any atom is 0.254 e. The second kappa shape index (κ2) is 5.11. The maximum atomic E-state index is 12.5. The highest BCUT2D eigenvalue weighted by atomic mass is 16.2. The molecule has 1 aromatic carbocycles. The van der Waals surface area contributed by atoms with Crippen molar-refractivity contribution in [2.45, 2.75) is 45.7 Å². The number of piperidine rings is 1. The molecule has 1 heterocycles. The van der Waals surface area contributed by atoms with Crippen molar-refractivity contribution in [3.8, 4) is 0 Å². The topological polar surface area (TPSA) is 46.3 Å². The highest BCUT2D eigenvalue weighted by Gasteiger charge is 2.27. The molecule has 0 bridgehead atoms. The number of hydrogen-bond acceptors (Lipinski definition) is 2. The van der Waals surface area contributed by atoms with Gasteiger partial charge in [0.05, 0.1) is 0 Å². The molecule has 1 amide bonds. The van der Waals surface area contributed by atoms with E-state index in [1.165, 1.54) is 11.1 Å². The van der Waals surface area contributed by atoms with Gasteiger partial charge in [-0.15, -0.1) is 0 Å². The summed E-state index contributed by atoms with van der Waals surface area (Å²) >= 11 is 0. The first-order chi connectivity index (χ1) is 8.49. The number of likely N-dealkylation sites (tertiary alicyclic amines) is 1. The van der Waals surface area contributed by atoms with Crippen LogP contribution in [0.2, 0.25) is 0 Å². The fourth-order valence-electron chi connectivity index (χ4n) is 2.55.